The second-order valence-corrected chi connectivity index (χ2v) is 7.15. The van der Waals surface area contributed by atoms with Crippen molar-refractivity contribution < 1.29 is 19.2 Å². The number of piperidine rings is 1. The SMILES string of the molecule is COC(=O)C1CC[NH+]([C@H](C(=O)Nc2ccc(C)cc2)c2ccccc2)CC1. The maximum atomic E-state index is 13.1. The summed E-state index contributed by atoms with van der Waals surface area (Å²) >= 11 is 0. The van der Waals surface area contributed by atoms with E-state index in [9.17, 15) is 9.59 Å². The number of likely N-dealkylation sites (tertiary alicyclic amines) is 1. The van der Waals surface area contributed by atoms with Crippen LogP contribution in [0, 0.1) is 12.8 Å². The van der Waals surface area contributed by atoms with Crippen LogP contribution in [0.5, 0.6) is 0 Å². The zero-order valence-corrected chi connectivity index (χ0v) is 15.9. The molecule has 0 spiro atoms. The molecule has 1 saturated heterocycles. The van der Waals surface area contributed by atoms with Crippen LogP contribution in [-0.4, -0.2) is 32.1 Å². The number of carbonyl (C=O) groups excluding carboxylic acids is 2. The van der Waals surface area contributed by atoms with E-state index in [0.29, 0.717) is 0 Å². The Bertz CT molecular complexity index is 766. The summed E-state index contributed by atoms with van der Waals surface area (Å²) in [7, 11) is 1.43. The Morgan fingerprint density at radius 1 is 1.04 bits per heavy atom. The van der Waals surface area contributed by atoms with Crippen LogP contribution in [0.2, 0.25) is 0 Å². The van der Waals surface area contributed by atoms with Gasteiger partial charge in [0.2, 0.25) is 0 Å². The Balaban J connectivity index is 1.77. The van der Waals surface area contributed by atoms with Crippen LogP contribution >= 0.6 is 0 Å². The van der Waals surface area contributed by atoms with Crippen molar-refractivity contribution in [3.8, 4) is 0 Å². The highest BCUT2D eigenvalue weighted by molar-refractivity contribution is 5.94. The molecule has 5 heteroatoms. The van der Waals surface area contributed by atoms with Crippen LogP contribution in [0.4, 0.5) is 5.69 Å². The van der Waals surface area contributed by atoms with Gasteiger partial charge in [-0.3, -0.25) is 9.59 Å². The minimum Gasteiger partial charge on any atom is -0.469 e. The normalized spacial score (nSPS) is 20.5. The number of ether oxygens (including phenoxy) is 1. The number of benzene rings is 2. The first kappa shape index (κ1) is 19.1. The molecule has 5 nitrogen and oxygen atoms in total. The second-order valence-electron chi connectivity index (χ2n) is 7.15. The van der Waals surface area contributed by atoms with Crippen LogP contribution in [0.1, 0.15) is 30.0 Å². The van der Waals surface area contributed by atoms with Crippen molar-refractivity contribution in [2.24, 2.45) is 5.92 Å². The molecule has 27 heavy (non-hydrogen) atoms. The predicted molar refractivity (Wildman–Crippen MR) is 104 cm³/mol. The number of methoxy groups -OCH3 is 1. The number of amides is 1. The fourth-order valence-electron chi connectivity index (χ4n) is 3.75. The highest BCUT2D eigenvalue weighted by Gasteiger charge is 2.36. The summed E-state index contributed by atoms with van der Waals surface area (Å²) < 4.78 is 4.88. The van der Waals surface area contributed by atoms with E-state index in [-0.39, 0.29) is 23.8 Å². The van der Waals surface area contributed by atoms with Gasteiger partial charge in [-0.15, -0.1) is 0 Å². The maximum Gasteiger partial charge on any atom is 0.309 e. The first-order chi connectivity index (χ1) is 13.1. The number of hydrogen-bond acceptors (Lipinski definition) is 3. The number of aryl methyl sites for hydroxylation is 1. The summed E-state index contributed by atoms with van der Waals surface area (Å²) in [5.41, 5.74) is 2.95. The van der Waals surface area contributed by atoms with Gasteiger partial charge >= 0.3 is 5.97 Å². The van der Waals surface area contributed by atoms with E-state index in [1.807, 2.05) is 61.5 Å². The summed E-state index contributed by atoms with van der Waals surface area (Å²) in [5.74, 6) is -0.221. The van der Waals surface area contributed by atoms with Gasteiger partial charge in [0.15, 0.2) is 6.04 Å². The van der Waals surface area contributed by atoms with Gasteiger partial charge in [-0.1, -0.05) is 48.0 Å². The van der Waals surface area contributed by atoms with Gasteiger partial charge < -0.3 is 15.0 Å². The van der Waals surface area contributed by atoms with Gasteiger partial charge in [0.05, 0.1) is 26.1 Å². The predicted octanol–water partition coefficient (Wildman–Crippen LogP) is 2.14. The molecular formula is C22H27N2O3+. The molecule has 0 saturated carbocycles. The molecule has 142 valence electrons. The molecule has 0 bridgehead atoms. The summed E-state index contributed by atoms with van der Waals surface area (Å²) in [6.07, 6.45) is 1.48. The molecule has 1 heterocycles. The van der Waals surface area contributed by atoms with Gasteiger partial charge in [0.1, 0.15) is 0 Å². The minimum absolute atomic E-state index is 0.0171. The summed E-state index contributed by atoms with van der Waals surface area (Å²) in [6, 6.07) is 17.4. The Hall–Kier alpha value is -2.66. The van der Waals surface area contributed by atoms with E-state index in [2.05, 4.69) is 5.32 Å². The highest BCUT2D eigenvalue weighted by Crippen LogP contribution is 2.18. The third-order valence-electron chi connectivity index (χ3n) is 5.28. The summed E-state index contributed by atoms with van der Waals surface area (Å²) in [4.78, 5) is 26.1. The van der Waals surface area contributed by atoms with E-state index in [4.69, 9.17) is 4.74 Å². The van der Waals surface area contributed by atoms with Gasteiger partial charge in [0.25, 0.3) is 5.91 Å². The zero-order valence-electron chi connectivity index (χ0n) is 15.9. The van der Waals surface area contributed by atoms with E-state index in [1.54, 1.807) is 0 Å². The quantitative estimate of drug-likeness (QED) is 0.796. The molecule has 3 rings (SSSR count). The summed E-state index contributed by atoms with van der Waals surface area (Å²) in [6.45, 7) is 3.55. The van der Waals surface area contributed by atoms with E-state index in [0.717, 1.165) is 42.7 Å². The number of nitrogens with one attached hydrogen (secondary N) is 2. The topological polar surface area (TPSA) is 59.8 Å². The molecule has 1 amide bonds. The molecule has 0 unspecified atom stereocenters. The Morgan fingerprint density at radius 2 is 1.67 bits per heavy atom. The van der Waals surface area contributed by atoms with Crippen LogP contribution in [-0.2, 0) is 14.3 Å². The smallest absolute Gasteiger partial charge is 0.309 e. The van der Waals surface area contributed by atoms with Crippen LogP contribution in [0.15, 0.2) is 54.6 Å². The molecule has 0 aliphatic carbocycles. The van der Waals surface area contributed by atoms with Crippen molar-refractivity contribution >= 4 is 17.6 Å². The lowest BCUT2D eigenvalue weighted by Crippen LogP contribution is -3.14. The molecule has 1 atom stereocenters. The largest absolute Gasteiger partial charge is 0.469 e. The maximum absolute atomic E-state index is 13.1. The number of anilines is 1. The van der Waals surface area contributed by atoms with Gasteiger partial charge in [-0.05, 0) is 19.1 Å². The third kappa shape index (κ3) is 4.74. The third-order valence-corrected chi connectivity index (χ3v) is 5.28. The van der Waals surface area contributed by atoms with Crippen LogP contribution < -0.4 is 10.2 Å². The zero-order chi connectivity index (χ0) is 19.2. The van der Waals surface area contributed by atoms with Gasteiger partial charge in [-0.25, -0.2) is 0 Å². The average Bonchev–Trinajstić information content (AvgIpc) is 2.71. The van der Waals surface area contributed by atoms with Crippen LogP contribution in [0.3, 0.4) is 0 Å². The molecule has 2 aromatic carbocycles. The minimum atomic E-state index is -0.300. The molecule has 1 aliphatic rings. The molecular weight excluding hydrogens is 340 g/mol. The van der Waals surface area contributed by atoms with Gasteiger partial charge in [0, 0.05) is 24.1 Å². The number of quaternary nitrogens is 1. The van der Waals surface area contributed by atoms with E-state index >= 15 is 0 Å². The van der Waals surface area contributed by atoms with Gasteiger partial charge in [-0.2, -0.15) is 0 Å². The lowest BCUT2D eigenvalue weighted by Gasteiger charge is -2.33. The number of rotatable bonds is 5. The van der Waals surface area contributed by atoms with Crippen molar-refractivity contribution in [3.05, 3.63) is 65.7 Å². The standard InChI is InChI=1S/C22H26N2O3/c1-16-8-10-19(11-9-16)23-21(25)20(17-6-4-3-5-7-17)24-14-12-18(13-15-24)22(26)27-2/h3-11,18,20H,12-15H2,1-2H3,(H,23,25)/p+1/t20-/m0/s1. The molecule has 1 aliphatic heterocycles. The lowest BCUT2D eigenvalue weighted by atomic mass is 9.94. The number of esters is 1. The Morgan fingerprint density at radius 3 is 2.26 bits per heavy atom. The molecule has 0 aromatic heterocycles. The van der Waals surface area contributed by atoms with E-state index < -0.39 is 0 Å². The van der Waals surface area contributed by atoms with Crippen molar-refractivity contribution in [3.63, 3.8) is 0 Å². The second kappa shape index (κ2) is 8.82. The van der Waals surface area contributed by atoms with Crippen molar-refractivity contribution in [2.45, 2.75) is 25.8 Å². The summed E-state index contributed by atoms with van der Waals surface area (Å²) in [5, 5.41) is 3.06. The Labute approximate surface area is 160 Å². The molecule has 0 radical (unpaired) electrons. The highest BCUT2D eigenvalue weighted by atomic mass is 16.5. The number of hydrogen-bond donors (Lipinski definition) is 2. The fourth-order valence-corrected chi connectivity index (χ4v) is 3.75. The van der Waals surface area contributed by atoms with Crippen LogP contribution in [0.25, 0.3) is 0 Å². The van der Waals surface area contributed by atoms with Crippen molar-refractivity contribution in [2.75, 3.05) is 25.5 Å². The Kier molecular flexibility index (Phi) is 6.24. The fraction of sp³-hybridized carbons (Fsp3) is 0.364. The number of carbonyl (C=O) groups is 2. The van der Waals surface area contributed by atoms with Crippen molar-refractivity contribution in [1.82, 2.24) is 0 Å². The molecule has 2 aromatic rings. The first-order valence-corrected chi connectivity index (χ1v) is 9.43. The van der Waals surface area contributed by atoms with E-state index in [1.165, 1.54) is 12.0 Å². The monoisotopic (exact) mass is 367 g/mol. The molecule has 2 N–H and O–H groups in total. The van der Waals surface area contributed by atoms with Crippen molar-refractivity contribution in [1.29, 1.82) is 0 Å². The molecule has 1 fully saturated rings. The first-order valence-electron chi connectivity index (χ1n) is 9.43. The lowest BCUT2D eigenvalue weighted by molar-refractivity contribution is -0.927. The average molecular weight is 367 g/mol.